The van der Waals surface area contributed by atoms with Crippen LogP contribution in [-0.4, -0.2) is 6.04 Å². The third-order valence-electron chi connectivity index (χ3n) is 0.913. The number of hydrogen-bond donors (Lipinski definition) is 1. The molecule has 0 amide bonds. The van der Waals surface area contributed by atoms with Crippen molar-refractivity contribution >= 4 is 11.6 Å². The van der Waals surface area contributed by atoms with Gasteiger partial charge in [0.25, 0.3) is 0 Å². The Labute approximate surface area is 67.8 Å². The van der Waals surface area contributed by atoms with Gasteiger partial charge in [-0.3, -0.25) is 0 Å². The van der Waals surface area contributed by atoms with E-state index in [0.717, 1.165) is 11.5 Å². The van der Waals surface area contributed by atoms with E-state index in [1.807, 2.05) is 6.20 Å². The summed E-state index contributed by atoms with van der Waals surface area (Å²) < 4.78 is 0. The van der Waals surface area contributed by atoms with E-state index >= 15 is 0 Å². The largest absolute Gasteiger partial charge is 0.388 e. The molecule has 0 aliphatic heterocycles. The predicted octanol–water partition coefficient (Wildman–Crippen LogP) is 2.64. The van der Waals surface area contributed by atoms with Crippen LogP contribution in [0.4, 0.5) is 0 Å². The van der Waals surface area contributed by atoms with Crippen molar-refractivity contribution in [2.45, 2.75) is 26.3 Å². The second-order valence-corrected chi connectivity index (χ2v) is 2.89. The standard InChI is InChI=1S/C8H14ClN/c1-4-5-8(9)6-10-7(2)3/h4,6-7,10H,1,5H2,2-3H3/b8-6+. The van der Waals surface area contributed by atoms with Gasteiger partial charge in [0.15, 0.2) is 0 Å². The smallest absolute Gasteiger partial charge is 0.0374 e. The quantitative estimate of drug-likeness (QED) is 0.622. The molecule has 2 heteroatoms. The fourth-order valence-corrected chi connectivity index (χ4v) is 0.626. The first-order valence-corrected chi connectivity index (χ1v) is 3.76. The highest BCUT2D eigenvalue weighted by atomic mass is 35.5. The second kappa shape index (κ2) is 5.36. The van der Waals surface area contributed by atoms with Gasteiger partial charge in [-0.25, -0.2) is 0 Å². The summed E-state index contributed by atoms with van der Waals surface area (Å²) >= 11 is 5.75. The minimum Gasteiger partial charge on any atom is -0.388 e. The van der Waals surface area contributed by atoms with Crippen molar-refractivity contribution in [3.8, 4) is 0 Å². The highest BCUT2D eigenvalue weighted by Crippen LogP contribution is 2.05. The van der Waals surface area contributed by atoms with Crippen molar-refractivity contribution in [2.24, 2.45) is 0 Å². The van der Waals surface area contributed by atoms with Crippen molar-refractivity contribution in [2.75, 3.05) is 0 Å². The number of nitrogens with one attached hydrogen (secondary N) is 1. The fraction of sp³-hybridized carbons (Fsp3) is 0.500. The summed E-state index contributed by atoms with van der Waals surface area (Å²) in [6.45, 7) is 7.70. The van der Waals surface area contributed by atoms with E-state index in [9.17, 15) is 0 Å². The Balaban J connectivity index is 3.57. The Morgan fingerprint density at radius 1 is 1.70 bits per heavy atom. The normalized spacial score (nSPS) is 11.8. The first-order chi connectivity index (χ1) is 4.66. The average Bonchev–Trinajstić information content (AvgIpc) is 1.85. The van der Waals surface area contributed by atoms with E-state index in [-0.39, 0.29) is 0 Å². The van der Waals surface area contributed by atoms with Crippen LogP contribution in [0.15, 0.2) is 23.9 Å². The van der Waals surface area contributed by atoms with Crippen molar-refractivity contribution in [1.82, 2.24) is 5.32 Å². The van der Waals surface area contributed by atoms with Crippen LogP contribution in [0.3, 0.4) is 0 Å². The molecule has 0 atom stereocenters. The van der Waals surface area contributed by atoms with Gasteiger partial charge < -0.3 is 5.32 Å². The lowest BCUT2D eigenvalue weighted by atomic mass is 10.4. The molecule has 58 valence electrons. The zero-order valence-corrected chi connectivity index (χ0v) is 7.28. The van der Waals surface area contributed by atoms with Gasteiger partial charge in [-0.05, 0) is 13.8 Å². The van der Waals surface area contributed by atoms with Gasteiger partial charge in [-0.15, -0.1) is 6.58 Å². The molecule has 0 saturated carbocycles. The van der Waals surface area contributed by atoms with Crippen LogP contribution in [0, 0.1) is 0 Å². The van der Waals surface area contributed by atoms with Gasteiger partial charge in [0, 0.05) is 23.7 Å². The monoisotopic (exact) mass is 159 g/mol. The van der Waals surface area contributed by atoms with Crippen LogP contribution >= 0.6 is 11.6 Å². The maximum Gasteiger partial charge on any atom is 0.0374 e. The molecule has 0 fully saturated rings. The fourth-order valence-electron chi connectivity index (χ4n) is 0.454. The molecule has 10 heavy (non-hydrogen) atoms. The van der Waals surface area contributed by atoms with Crippen LogP contribution in [0.1, 0.15) is 20.3 Å². The number of halogens is 1. The second-order valence-electron chi connectivity index (χ2n) is 2.41. The van der Waals surface area contributed by atoms with Gasteiger partial charge >= 0.3 is 0 Å². The van der Waals surface area contributed by atoms with Crippen LogP contribution in [0.25, 0.3) is 0 Å². The lowest BCUT2D eigenvalue weighted by molar-refractivity contribution is 0.700. The van der Waals surface area contributed by atoms with E-state index in [4.69, 9.17) is 11.6 Å². The molecule has 1 nitrogen and oxygen atoms in total. The molecule has 0 radical (unpaired) electrons. The molecule has 0 spiro atoms. The molecule has 0 aliphatic carbocycles. The van der Waals surface area contributed by atoms with Crippen LogP contribution in [0.2, 0.25) is 0 Å². The number of hydrogen-bond acceptors (Lipinski definition) is 1. The minimum atomic E-state index is 0.443. The average molecular weight is 160 g/mol. The van der Waals surface area contributed by atoms with Crippen molar-refractivity contribution in [3.63, 3.8) is 0 Å². The van der Waals surface area contributed by atoms with E-state index in [1.54, 1.807) is 6.08 Å². The summed E-state index contributed by atoms with van der Waals surface area (Å²) in [6.07, 6.45) is 4.33. The lowest BCUT2D eigenvalue weighted by Gasteiger charge is -2.03. The van der Waals surface area contributed by atoms with Crippen LogP contribution < -0.4 is 5.32 Å². The molecule has 1 N–H and O–H groups in total. The molecule has 0 rings (SSSR count). The maximum absolute atomic E-state index is 5.75. The zero-order valence-electron chi connectivity index (χ0n) is 6.52. The molecule has 0 aromatic carbocycles. The van der Waals surface area contributed by atoms with Crippen LogP contribution in [0.5, 0.6) is 0 Å². The maximum atomic E-state index is 5.75. The van der Waals surface area contributed by atoms with E-state index in [0.29, 0.717) is 6.04 Å². The molecule has 0 unspecified atom stereocenters. The zero-order chi connectivity index (χ0) is 7.98. The Morgan fingerprint density at radius 2 is 2.30 bits per heavy atom. The number of rotatable bonds is 4. The first kappa shape index (κ1) is 9.57. The van der Waals surface area contributed by atoms with E-state index < -0.39 is 0 Å². The van der Waals surface area contributed by atoms with Gasteiger partial charge in [0.2, 0.25) is 0 Å². The van der Waals surface area contributed by atoms with E-state index in [2.05, 4.69) is 25.7 Å². The third kappa shape index (κ3) is 5.70. The highest BCUT2D eigenvalue weighted by Gasteiger charge is 1.88. The van der Waals surface area contributed by atoms with Crippen molar-refractivity contribution < 1.29 is 0 Å². The lowest BCUT2D eigenvalue weighted by Crippen LogP contribution is -2.15. The third-order valence-corrected chi connectivity index (χ3v) is 1.18. The molecule has 0 bridgehead atoms. The first-order valence-electron chi connectivity index (χ1n) is 3.38. The predicted molar refractivity (Wildman–Crippen MR) is 47.0 cm³/mol. The highest BCUT2D eigenvalue weighted by molar-refractivity contribution is 6.29. The molecular weight excluding hydrogens is 146 g/mol. The van der Waals surface area contributed by atoms with Gasteiger partial charge in [0.05, 0.1) is 0 Å². The summed E-state index contributed by atoms with van der Waals surface area (Å²) in [4.78, 5) is 0. The van der Waals surface area contributed by atoms with E-state index in [1.165, 1.54) is 0 Å². The topological polar surface area (TPSA) is 12.0 Å². The molecular formula is C8H14ClN. The Kier molecular flexibility index (Phi) is 5.13. The molecule has 0 heterocycles. The molecule has 0 aromatic heterocycles. The van der Waals surface area contributed by atoms with Gasteiger partial charge in [-0.1, -0.05) is 17.7 Å². The summed E-state index contributed by atoms with van der Waals surface area (Å²) in [6, 6.07) is 0.443. The molecule has 0 aliphatic rings. The molecule has 0 aromatic rings. The SMILES string of the molecule is C=CC/C(Cl)=C\NC(C)C. The molecule has 0 saturated heterocycles. The Morgan fingerprint density at radius 3 is 2.70 bits per heavy atom. The van der Waals surface area contributed by atoms with Gasteiger partial charge in [0.1, 0.15) is 0 Å². The summed E-state index contributed by atoms with van der Waals surface area (Å²) in [5.74, 6) is 0. The Bertz CT molecular complexity index is 127. The summed E-state index contributed by atoms with van der Waals surface area (Å²) in [5, 5.41) is 3.88. The summed E-state index contributed by atoms with van der Waals surface area (Å²) in [5.41, 5.74) is 0. The van der Waals surface area contributed by atoms with Crippen molar-refractivity contribution in [1.29, 1.82) is 0 Å². The summed E-state index contributed by atoms with van der Waals surface area (Å²) in [7, 11) is 0. The van der Waals surface area contributed by atoms with Crippen LogP contribution in [-0.2, 0) is 0 Å². The number of allylic oxidation sites excluding steroid dienone is 2. The van der Waals surface area contributed by atoms with Crippen molar-refractivity contribution in [3.05, 3.63) is 23.9 Å². The van der Waals surface area contributed by atoms with Gasteiger partial charge in [-0.2, -0.15) is 0 Å². The minimum absolute atomic E-state index is 0.443. The Hall–Kier alpha value is -0.430.